The lowest BCUT2D eigenvalue weighted by Gasteiger charge is -2.11. The standard InChI is InChI=1S/C10H22N2O/c1-2-13-7-3-6-12-10-5-4-9(11)8-10/h9-10,12H,2-8,11H2,1H3. The Hall–Kier alpha value is -0.120. The molecule has 3 heteroatoms. The Morgan fingerprint density at radius 2 is 2.31 bits per heavy atom. The van der Waals surface area contributed by atoms with Crippen LogP contribution in [0.5, 0.6) is 0 Å². The molecule has 0 spiro atoms. The second-order valence-corrected chi connectivity index (χ2v) is 3.77. The molecule has 0 aromatic heterocycles. The van der Waals surface area contributed by atoms with Crippen molar-refractivity contribution in [2.24, 2.45) is 5.73 Å². The predicted octanol–water partition coefficient (Wildman–Crippen LogP) is 0.882. The smallest absolute Gasteiger partial charge is 0.0477 e. The van der Waals surface area contributed by atoms with E-state index in [0.29, 0.717) is 12.1 Å². The zero-order valence-corrected chi connectivity index (χ0v) is 8.59. The largest absolute Gasteiger partial charge is 0.382 e. The molecule has 1 fully saturated rings. The van der Waals surface area contributed by atoms with E-state index < -0.39 is 0 Å². The average Bonchev–Trinajstić information content (AvgIpc) is 2.51. The van der Waals surface area contributed by atoms with Gasteiger partial charge < -0.3 is 15.8 Å². The molecule has 1 rings (SSSR count). The van der Waals surface area contributed by atoms with Gasteiger partial charge in [0.1, 0.15) is 0 Å². The van der Waals surface area contributed by atoms with E-state index in [0.717, 1.165) is 32.6 Å². The van der Waals surface area contributed by atoms with E-state index in [-0.39, 0.29) is 0 Å². The van der Waals surface area contributed by atoms with E-state index in [1.807, 2.05) is 6.92 Å². The summed E-state index contributed by atoms with van der Waals surface area (Å²) in [5.74, 6) is 0. The Morgan fingerprint density at radius 1 is 1.46 bits per heavy atom. The van der Waals surface area contributed by atoms with Gasteiger partial charge in [0, 0.05) is 25.3 Å². The summed E-state index contributed by atoms with van der Waals surface area (Å²) in [5.41, 5.74) is 5.81. The van der Waals surface area contributed by atoms with Crippen LogP contribution in [-0.2, 0) is 4.74 Å². The molecule has 0 amide bonds. The summed E-state index contributed by atoms with van der Waals surface area (Å²) in [6.45, 7) is 4.80. The zero-order chi connectivity index (χ0) is 9.52. The van der Waals surface area contributed by atoms with E-state index in [9.17, 15) is 0 Å². The highest BCUT2D eigenvalue weighted by atomic mass is 16.5. The molecule has 0 saturated heterocycles. The molecule has 0 bridgehead atoms. The fourth-order valence-electron chi connectivity index (χ4n) is 1.83. The maximum atomic E-state index is 5.81. The van der Waals surface area contributed by atoms with E-state index in [2.05, 4.69) is 5.32 Å². The first-order valence-corrected chi connectivity index (χ1v) is 5.39. The van der Waals surface area contributed by atoms with Crippen LogP contribution in [0.2, 0.25) is 0 Å². The lowest BCUT2D eigenvalue weighted by molar-refractivity contribution is 0.144. The molecule has 13 heavy (non-hydrogen) atoms. The third kappa shape index (κ3) is 4.60. The summed E-state index contributed by atoms with van der Waals surface area (Å²) in [6.07, 6.45) is 4.69. The lowest BCUT2D eigenvalue weighted by atomic mass is 10.2. The SMILES string of the molecule is CCOCCCNC1CCC(N)C1. The van der Waals surface area contributed by atoms with E-state index >= 15 is 0 Å². The van der Waals surface area contributed by atoms with Gasteiger partial charge in [-0.1, -0.05) is 0 Å². The summed E-state index contributed by atoms with van der Waals surface area (Å²) in [5, 5.41) is 3.51. The van der Waals surface area contributed by atoms with Gasteiger partial charge in [0.05, 0.1) is 0 Å². The van der Waals surface area contributed by atoms with Crippen LogP contribution in [-0.4, -0.2) is 31.8 Å². The molecule has 1 saturated carbocycles. The van der Waals surface area contributed by atoms with E-state index in [1.54, 1.807) is 0 Å². The van der Waals surface area contributed by atoms with Gasteiger partial charge in [-0.25, -0.2) is 0 Å². The van der Waals surface area contributed by atoms with E-state index in [1.165, 1.54) is 12.8 Å². The van der Waals surface area contributed by atoms with Crippen molar-refractivity contribution in [1.82, 2.24) is 5.32 Å². The fourth-order valence-corrected chi connectivity index (χ4v) is 1.83. The van der Waals surface area contributed by atoms with Gasteiger partial charge >= 0.3 is 0 Å². The maximum absolute atomic E-state index is 5.81. The van der Waals surface area contributed by atoms with Crippen LogP contribution in [0.3, 0.4) is 0 Å². The van der Waals surface area contributed by atoms with Gasteiger partial charge in [0.2, 0.25) is 0 Å². The molecule has 3 N–H and O–H groups in total. The van der Waals surface area contributed by atoms with Gasteiger partial charge in [-0.3, -0.25) is 0 Å². The first kappa shape index (κ1) is 11.0. The lowest BCUT2D eigenvalue weighted by Crippen LogP contribution is -2.29. The van der Waals surface area contributed by atoms with Gasteiger partial charge in [-0.05, 0) is 39.2 Å². The molecule has 0 aliphatic heterocycles. The van der Waals surface area contributed by atoms with Gasteiger partial charge in [0.25, 0.3) is 0 Å². The zero-order valence-electron chi connectivity index (χ0n) is 8.59. The van der Waals surface area contributed by atoms with Crippen molar-refractivity contribution in [3.05, 3.63) is 0 Å². The third-order valence-corrected chi connectivity index (χ3v) is 2.58. The fraction of sp³-hybridized carbons (Fsp3) is 1.00. The molecule has 0 aromatic rings. The molecule has 2 unspecified atom stereocenters. The predicted molar refractivity (Wildman–Crippen MR) is 54.7 cm³/mol. The quantitative estimate of drug-likeness (QED) is 0.605. The van der Waals surface area contributed by atoms with Gasteiger partial charge in [-0.15, -0.1) is 0 Å². The highest BCUT2D eigenvalue weighted by Crippen LogP contribution is 2.16. The minimum absolute atomic E-state index is 0.435. The highest BCUT2D eigenvalue weighted by molar-refractivity contribution is 4.82. The molecule has 0 radical (unpaired) electrons. The number of nitrogens with one attached hydrogen (secondary N) is 1. The summed E-state index contributed by atoms with van der Waals surface area (Å²) in [6, 6.07) is 1.10. The summed E-state index contributed by atoms with van der Waals surface area (Å²) in [7, 11) is 0. The van der Waals surface area contributed by atoms with Crippen molar-refractivity contribution < 1.29 is 4.74 Å². The van der Waals surface area contributed by atoms with Crippen molar-refractivity contribution in [2.45, 2.75) is 44.7 Å². The summed E-state index contributed by atoms with van der Waals surface area (Å²) in [4.78, 5) is 0. The summed E-state index contributed by atoms with van der Waals surface area (Å²) < 4.78 is 5.25. The summed E-state index contributed by atoms with van der Waals surface area (Å²) >= 11 is 0. The normalized spacial score (nSPS) is 28.2. The highest BCUT2D eigenvalue weighted by Gasteiger charge is 2.20. The monoisotopic (exact) mass is 186 g/mol. The van der Waals surface area contributed by atoms with Gasteiger partial charge in [0.15, 0.2) is 0 Å². The van der Waals surface area contributed by atoms with Crippen molar-refractivity contribution in [3.63, 3.8) is 0 Å². The second kappa shape index (κ2) is 6.35. The molecule has 3 nitrogen and oxygen atoms in total. The molecule has 2 atom stereocenters. The van der Waals surface area contributed by atoms with Crippen LogP contribution >= 0.6 is 0 Å². The van der Waals surface area contributed by atoms with Crippen LogP contribution in [0.25, 0.3) is 0 Å². The van der Waals surface area contributed by atoms with Crippen LogP contribution in [0, 0.1) is 0 Å². The van der Waals surface area contributed by atoms with Crippen molar-refractivity contribution in [2.75, 3.05) is 19.8 Å². The molecule has 78 valence electrons. The molecule has 1 aliphatic carbocycles. The number of hydrogen-bond acceptors (Lipinski definition) is 3. The first-order valence-electron chi connectivity index (χ1n) is 5.39. The molecular formula is C10H22N2O. The van der Waals surface area contributed by atoms with Crippen molar-refractivity contribution in [1.29, 1.82) is 0 Å². The second-order valence-electron chi connectivity index (χ2n) is 3.77. The van der Waals surface area contributed by atoms with Gasteiger partial charge in [-0.2, -0.15) is 0 Å². The van der Waals surface area contributed by atoms with Crippen LogP contribution in [0.15, 0.2) is 0 Å². The topological polar surface area (TPSA) is 47.3 Å². The third-order valence-electron chi connectivity index (χ3n) is 2.58. The number of ether oxygens (including phenoxy) is 1. The maximum Gasteiger partial charge on any atom is 0.0477 e. The molecular weight excluding hydrogens is 164 g/mol. The van der Waals surface area contributed by atoms with Crippen LogP contribution in [0.4, 0.5) is 0 Å². The van der Waals surface area contributed by atoms with Crippen molar-refractivity contribution >= 4 is 0 Å². The first-order chi connectivity index (χ1) is 6.33. The molecule has 0 heterocycles. The Labute approximate surface area is 81.0 Å². The Balaban J connectivity index is 1.88. The van der Waals surface area contributed by atoms with Crippen LogP contribution < -0.4 is 11.1 Å². The minimum atomic E-state index is 0.435. The minimum Gasteiger partial charge on any atom is -0.382 e. The van der Waals surface area contributed by atoms with Crippen LogP contribution in [0.1, 0.15) is 32.6 Å². The number of nitrogens with two attached hydrogens (primary N) is 1. The molecule has 0 aromatic carbocycles. The number of hydrogen-bond donors (Lipinski definition) is 2. The number of rotatable bonds is 6. The Bertz CT molecular complexity index is 130. The molecule has 1 aliphatic rings. The average molecular weight is 186 g/mol. The van der Waals surface area contributed by atoms with Crippen molar-refractivity contribution in [3.8, 4) is 0 Å². The van der Waals surface area contributed by atoms with E-state index in [4.69, 9.17) is 10.5 Å². The Kier molecular flexibility index (Phi) is 5.35. The Morgan fingerprint density at radius 3 is 2.92 bits per heavy atom.